The summed E-state index contributed by atoms with van der Waals surface area (Å²) in [5.74, 6) is -0.439. The predicted octanol–water partition coefficient (Wildman–Crippen LogP) is 3.88. The minimum Gasteiger partial charge on any atom is -0.361 e. The first-order valence-electron chi connectivity index (χ1n) is 7.07. The minimum atomic E-state index is -0.439. The van der Waals surface area contributed by atoms with E-state index in [1.807, 2.05) is 0 Å². The third-order valence-electron chi connectivity index (χ3n) is 3.16. The highest BCUT2D eigenvalue weighted by molar-refractivity contribution is 7.80. The van der Waals surface area contributed by atoms with Gasteiger partial charge in [0, 0.05) is 30.9 Å². The van der Waals surface area contributed by atoms with Crippen LogP contribution in [0.25, 0.3) is 0 Å². The van der Waals surface area contributed by atoms with Gasteiger partial charge in [-0.3, -0.25) is 4.90 Å². The van der Waals surface area contributed by atoms with E-state index in [1.165, 1.54) is 12.1 Å². The number of benzene rings is 1. The second-order valence-electron chi connectivity index (χ2n) is 5.44. The van der Waals surface area contributed by atoms with Crippen molar-refractivity contribution >= 4 is 34.6 Å². The molecule has 1 aromatic rings. The van der Waals surface area contributed by atoms with E-state index in [0.29, 0.717) is 22.9 Å². The quantitative estimate of drug-likeness (QED) is 0.773. The maximum atomic E-state index is 13.1. The molecule has 0 atom stereocenters. The molecule has 118 valence electrons. The molecule has 0 aliphatic carbocycles. The summed E-state index contributed by atoms with van der Waals surface area (Å²) < 4.78 is 13.1. The van der Waals surface area contributed by atoms with Gasteiger partial charge in [-0.2, -0.15) is 0 Å². The van der Waals surface area contributed by atoms with E-state index in [1.54, 1.807) is 6.07 Å². The highest BCUT2D eigenvalue weighted by Crippen LogP contribution is 2.19. The van der Waals surface area contributed by atoms with Gasteiger partial charge in [0.1, 0.15) is 5.82 Å². The van der Waals surface area contributed by atoms with E-state index >= 15 is 0 Å². The Morgan fingerprint density at radius 1 is 1.29 bits per heavy atom. The van der Waals surface area contributed by atoms with Crippen LogP contribution in [-0.2, 0) is 0 Å². The van der Waals surface area contributed by atoms with Crippen LogP contribution in [0.4, 0.5) is 10.1 Å². The molecule has 2 N–H and O–H groups in total. The molecule has 0 saturated heterocycles. The molecule has 0 radical (unpaired) electrons. The average molecular weight is 332 g/mol. The van der Waals surface area contributed by atoms with Crippen molar-refractivity contribution in [1.29, 1.82) is 0 Å². The van der Waals surface area contributed by atoms with Gasteiger partial charge >= 0.3 is 0 Å². The Hall–Kier alpha value is -0.910. The fourth-order valence-electron chi connectivity index (χ4n) is 2.16. The molecule has 0 heterocycles. The van der Waals surface area contributed by atoms with Gasteiger partial charge in [0.2, 0.25) is 0 Å². The maximum Gasteiger partial charge on any atom is 0.170 e. The molecule has 1 rings (SSSR count). The summed E-state index contributed by atoms with van der Waals surface area (Å²) in [5, 5.41) is 6.72. The average Bonchev–Trinajstić information content (AvgIpc) is 2.38. The Bertz CT molecular complexity index is 472. The SMILES string of the molecule is CC(C)N(CCNC(=S)Nc1ccc(F)c(Cl)c1)C(C)C. The van der Waals surface area contributed by atoms with Crippen LogP contribution in [0.5, 0.6) is 0 Å². The number of nitrogens with one attached hydrogen (secondary N) is 2. The second kappa shape index (κ2) is 8.51. The lowest BCUT2D eigenvalue weighted by molar-refractivity contribution is 0.178. The molecule has 0 unspecified atom stereocenters. The number of anilines is 1. The summed E-state index contributed by atoms with van der Waals surface area (Å²) in [6.07, 6.45) is 0. The lowest BCUT2D eigenvalue weighted by Crippen LogP contribution is -2.43. The Labute approximate surface area is 136 Å². The van der Waals surface area contributed by atoms with E-state index in [4.69, 9.17) is 23.8 Å². The van der Waals surface area contributed by atoms with Crippen molar-refractivity contribution in [3.8, 4) is 0 Å². The van der Waals surface area contributed by atoms with E-state index in [-0.39, 0.29) is 5.02 Å². The highest BCUT2D eigenvalue weighted by atomic mass is 35.5. The third kappa shape index (κ3) is 6.16. The van der Waals surface area contributed by atoms with Crippen molar-refractivity contribution in [3.63, 3.8) is 0 Å². The van der Waals surface area contributed by atoms with Crippen LogP contribution in [0.2, 0.25) is 5.02 Å². The summed E-state index contributed by atoms with van der Waals surface area (Å²) in [6, 6.07) is 5.41. The van der Waals surface area contributed by atoms with Gasteiger partial charge in [-0.1, -0.05) is 11.6 Å². The first-order chi connectivity index (χ1) is 9.81. The topological polar surface area (TPSA) is 27.3 Å². The van der Waals surface area contributed by atoms with Crippen LogP contribution in [0.3, 0.4) is 0 Å². The van der Waals surface area contributed by atoms with Crippen molar-refractivity contribution < 1.29 is 4.39 Å². The van der Waals surface area contributed by atoms with Crippen molar-refractivity contribution in [2.75, 3.05) is 18.4 Å². The monoisotopic (exact) mass is 331 g/mol. The predicted molar refractivity (Wildman–Crippen MR) is 92.6 cm³/mol. The molecule has 0 bridgehead atoms. The van der Waals surface area contributed by atoms with E-state index < -0.39 is 5.82 Å². The molecule has 0 spiro atoms. The normalized spacial score (nSPS) is 11.3. The molecule has 0 aliphatic heterocycles. The molecule has 0 aliphatic rings. The number of hydrogen-bond donors (Lipinski definition) is 2. The molecule has 1 aromatic carbocycles. The number of rotatable bonds is 6. The van der Waals surface area contributed by atoms with Gasteiger partial charge in [-0.15, -0.1) is 0 Å². The van der Waals surface area contributed by atoms with Crippen LogP contribution in [-0.4, -0.2) is 35.2 Å². The van der Waals surface area contributed by atoms with Crippen molar-refractivity contribution in [1.82, 2.24) is 10.2 Å². The third-order valence-corrected chi connectivity index (χ3v) is 3.70. The zero-order valence-electron chi connectivity index (χ0n) is 12.9. The lowest BCUT2D eigenvalue weighted by atomic mass is 10.2. The Kier molecular flexibility index (Phi) is 7.35. The number of halogens is 2. The van der Waals surface area contributed by atoms with Crippen molar-refractivity contribution in [2.45, 2.75) is 39.8 Å². The second-order valence-corrected chi connectivity index (χ2v) is 6.25. The maximum absolute atomic E-state index is 13.1. The van der Waals surface area contributed by atoms with Crippen LogP contribution < -0.4 is 10.6 Å². The molecule has 0 amide bonds. The zero-order chi connectivity index (χ0) is 16.0. The molecular formula is C15H23ClFN3S. The van der Waals surface area contributed by atoms with Crippen LogP contribution in [0, 0.1) is 5.82 Å². The van der Waals surface area contributed by atoms with Gasteiger partial charge < -0.3 is 10.6 Å². The molecule has 3 nitrogen and oxygen atoms in total. The Morgan fingerprint density at radius 2 is 1.90 bits per heavy atom. The van der Waals surface area contributed by atoms with Crippen molar-refractivity contribution in [2.24, 2.45) is 0 Å². The fraction of sp³-hybridized carbons (Fsp3) is 0.533. The molecule has 21 heavy (non-hydrogen) atoms. The first kappa shape index (κ1) is 18.1. The summed E-state index contributed by atoms with van der Waals surface area (Å²) in [7, 11) is 0. The van der Waals surface area contributed by atoms with E-state index in [2.05, 4.69) is 43.2 Å². The van der Waals surface area contributed by atoms with Crippen LogP contribution in [0.1, 0.15) is 27.7 Å². The molecular weight excluding hydrogens is 309 g/mol. The fourth-order valence-corrected chi connectivity index (χ4v) is 2.56. The lowest BCUT2D eigenvalue weighted by Gasteiger charge is -2.30. The largest absolute Gasteiger partial charge is 0.361 e. The number of hydrogen-bond acceptors (Lipinski definition) is 2. The molecule has 0 saturated carbocycles. The smallest absolute Gasteiger partial charge is 0.170 e. The van der Waals surface area contributed by atoms with Crippen LogP contribution >= 0.6 is 23.8 Å². The summed E-state index contributed by atoms with van der Waals surface area (Å²) in [5.41, 5.74) is 0.670. The van der Waals surface area contributed by atoms with Gasteiger partial charge in [-0.25, -0.2) is 4.39 Å². The molecule has 0 fully saturated rings. The Balaban J connectivity index is 2.42. The van der Waals surface area contributed by atoms with Gasteiger partial charge in [0.05, 0.1) is 5.02 Å². The van der Waals surface area contributed by atoms with E-state index in [0.717, 1.165) is 13.1 Å². The Morgan fingerprint density at radius 3 is 2.43 bits per heavy atom. The van der Waals surface area contributed by atoms with Gasteiger partial charge in [-0.05, 0) is 58.1 Å². The molecule has 0 aromatic heterocycles. The summed E-state index contributed by atoms with van der Waals surface area (Å²) >= 11 is 10.9. The molecule has 6 heteroatoms. The van der Waals surface area contributed by atoms with E-state index in [9.17, 15) is 4.39 Å². The standard InChI is InChI=1S/C15H23ClFN3S/c1-10(2)20(11(3)4)8-7-18-15(21)19-12-5-6-14(17)13(16)9-12/h5-6,9-11H,7-8H2,1-4H3,(H2,18,19,21). The minimum absolute atomic E-state index is 0.0774. The highest BCUT2D eigenvalue weighted by Gasteiger charge is 2.12. The van der Waals surface area contributed by atoms with Crippen molar-refractivity contribution in [3.05, 3.63) is 29.0 Å². The summed E-state index contributed by atoms with van der Waals surface area (Å²) in [4.78, 5) is 2.38. The summed E-state index contributed by atoms with van der Waals surface area (Å²) in [6.45, 7) is 10.4. The number of nitrogens with zero attached hydrogens (tertiary/aromatic N) is 1. The zero-order valence-corrected chi connectivity index (χ0v) is 14.5. The van der Waals surface area contributed by atoms with Gasteiger partial charge in [0.15, 0.2) is 5.11 Å². The number of thiocarbonyl (C=S) groups is 1. The van der Waals surface area contributed by atoms with Gasteiger partial charge in [0.25, 0.3) is 0 Å². The van der Waals surface area contributed by atoms with Crippen LogP contribution in [0.15, 0.2) is 18.2 Å². The first-order valence-corrected chi connectivity index (χ1v) is 7.85.